The fourth-order valence-corrected chi connectivity index (χ4v) is 2.17. The Labute approximate surface area is 113 Å². The molecule has 0 saturated heterocycles. The van der Waals surface area contributed by atoms with Gasteiger partial charge in [-0.3, -0.25) is 0 Å². The van der Waals surface area contributed by atoms with Crippen molar-refractivity contribution in [1.29, 1.82) is 0 Å². The largest absolute Gasteiger partial charge is 0.476 e. The second kappa shape index (κ2) is 5.38. The predicted octanol–water partition coefficient (Wildman–Crippen LogP) is 2.45. The first-order valence-corrected chi connectivity index (χ1v) is 6.50. The van der Waals surface area contributed by atoms with Crippen molar-refractivity contribution in [1.82, 2.24) is 9.97 Å². The number of carbonyl (C=O) groups is 1. The highest BCUT2D eigenvalue weighted by Gasteiger charge is 2.21. The predicted molar refractivity (Wildman–Crippen MR) is 73.7 cm³/mol. The minimum atomic E-state index is -0.994. The maximum absolute atomic E-state index is 11.4. The zero-order valence-corrected chi connectivity index (χ0v) is 11.6. The van der Waals surface area contributed by atoms with Crippen LogP contribution in [0.4, 0.5) is 5.69 Å². The Morgan fingerprint density at radius 3 is 2.79 bits per heavy atom. The fourth-order valence-electron chi connectivity index (χ4n) is 2.17. The summed E-state index contributed by atoms with van der Waals surface area (Å²) in [5.41, 5.74) is 1.97. The molecule has 0 radical (unpaired) electrons. The summed E-state index contributed by atoms with van der Waals surface area (Å²) in [5, 5.41) is 9.34. The van der Waals surface area contributed by atoms with Gasteiger partial charge in [0.05, 0.1) is 11.9 Å². The molecule has 1 aliphatic rings. The van der Waals surface area contributed by atoms with Crippen molar-refractivity contribution < 1.29 is 9.90 Å². The van der Waals surface area contributed by atoms with Gasteiger partial charge in [0, 0.05) is 19.0 Å². The summed E-state index contributed by atoms with van der Waals surface area (Å²) in [5.74, 6) is -0.299. The van der Waals surface area contributed by atoms with E-state index in [1.807, 2.05) is 18.7 Å². The Bertz CT molecular complexity index is 523. The normalized spacial score (nSPS) is 15.6. The highest BCUT2D eigenvalue weighted by Crippen LogP contribution is 2.23. The van der Waals surface area contributed by atoms with Gasteiger partial charge in [0.2, 0.25) is 0 Å². The second-order valence-electron chi connectivity index (χ2n) is 5.18. The van der Waals surface area contributed by atoms with E-state index in [2.05, 4.69) is 23.0 Å². The van der Waals surface area contributed by atoms with Crippen LogP contribution < -0.4 is 4.90 Å². The molecule has 1 N–H and O–H groups in total. The van der Waals surface area contributed by atoms with Gasteiger partial charge in [-0.25, -0.2) is 14.8 Å². The first-order valence-electron chi connectivity index (χ1n) is 6.50. The molecule has 0 amide bonds. The summed E-state index contributed by atoms with van der Waals surface area (Å²) in [7, 11) is 0. The van der Waals surface area contributed by atoms with Crippen LogP contribution in [-0.2, 0) is 0 Å². The van der Waals surface area contributed by atoms with Crippen molar-refractivity contribution in [3.8, 4) is 0 Å². The molecule has 0 fully saturated rings. The number of anilines is 1. The lowest BCUT2D eigenvalue weighted by Gasteiger charge is -2.28. The summed E-state index contributed by atoms with van der Waals surface area (Å²) < 4.78 is 0. The number of rotatable bonds is 3. The van der Waals surface area contributed by atoms with Gasteiger partial charge in [0.15, 0.2) is 5.69 Å². The Kier molecular flexibility index (Phi) is 3.83. The Morgan fingerprint density at radius 1 is 1.47 bits per heavy atom. The molecular formula is C14H19N3O2. The number of nitrogens with zero attached hydrogens (tertiary/aromatic N) is 3. The van der Waals surface area contributed by atoms with E-state index in [4.69, 9.17) is 0 Å². The highest BCUT2D eigenvalue weighted by molar-refractivity contribution is 5.92. The maximum Gasteiger partial charge on any atom is 0.356 e. The lowest BCUT2D eigenvalue weighted by atomic mass is 10.1. The summed E-state index contributed by atoms with van der Waals surface area (Å²) in [6, 6.07) is 0. The van der Waals surface area contributed by atoms with E-state index >= 15 is 0 Å². The SMILES string of the molecule is CC1=CCCN(c2cnc(C(C)C)nc2C(=O)O)C1. The molecule has 1 aromatic heterocycles. The van der Waals surface area contributed by atoms with Gasteiger partial charge >= 0.3 is 5.97 Å². The highest BCUT2D eigenvalue weighted by atomic mass is 16.4. The smallest absolute Gasteiger partial charge is 0.356 e. The van der Waals surface area contributed by atoms with Crippen molar-refractivity contribution >= 4 is 11.7 Å². The molecule has 0 bridgehead atoms. The van der Waals surface area contributed by atoms with Crippen LogP contribution in [0.25, 0.3) is 0 Å². The quantitative estimate of drug-likeness (QED) is 0.847. The number of aromatic carboxylic acids is 1. The van der Waals surface area contributed by atoms with E-state index in [-0.39, 0.29) is 11.6 Å². The third-order valence-corrected chi connectivity index (χ3v) is 3.18. The van der Waals surface area contributed by atoms with Crippen LogP contribution in [-0.4, -0.2) is 34.1 Å². The summed E-state index contributed by atoms with van der Waals surface area (Å²) in [4.78, 5) is 21.9. The molecule has 19 heavy (non-hydrogen) atoms. The van der Waals surface area contributed by atoms with Gasteiger partial charge in [-0.05, 0) is 13.3 Å². The minimum absolute atomic E-state index is 0.105. The summed E-state index contributed by atoms with van der Waals surface area (Å²) in [6.45, 7) is 7.51. The molecule has 5 nitrogen and oxygen atoms in total. The zero-order valence-electron chi connectivity index (χ0n) is 11.6. The van der Waals surface area contributed by atoms with Gasteiger partial charge in [-0.1, -0.05) is 25.5 Å². The topological polar surface area (TPSA) is 66.3 Å². The lowest BCUT2D eigenvalue weighted by Crippen LogP contribution is -2.31. The molecular weight excluding hydrogens is 242 g/mol. The molecule has 2 heterocycles. The Morgan fingerprint density at radius 2 is 2.21 bits per heavy atom. The van der Waals surface area contributed by atoms with Gasteiger partial charge in [-0.15, -0.1) is 0 Å². The third kappa shape index (κ3) is 2.92. The van der Waals surface area contributed by atoms with Crippen LogP contribution in [0.5, 0.6) is 0 Å². The van der Waals surface area contributed by atoms with Crippen LogP contribution in [0.2, 0.25) is 0 Å². The van der Waals surface area contributed by atoms with E-state index < -0.39 is 5.97 Å². The van der Waals surface area contributed by atoms with Crippen LogP contribution in [0.1, 0.15) is 49.4 Å². The third-order valence-electron chi connectivity index (χ3n) is 3.18. The average molecular weight is 261 g/mol. The lowest BCUT2D eigenvalue weighted by molar-refractivity contribution is 0.0690. The Hall–Kier alpha value is -1.91. The van der Waals surface area contributed by atoms with Crippen LogP contribution in [0.3, 0.4) is 0 Å². The van der Waals surface area contributed by atoms with Gasteiger partial charge in [-0.2, -0.15) is 0 Å². The minimum Gasteiger partial charge on any atom is -0.476 e. The molecule has 0 spiro atoms. The molecule has 102 valence electrons. The average Bonchev–Trinajstić information content (AvgIpc) is 2.37. The summed E-state index contributed by atoms with van der Waals surface area (Å²) >= 11 is 0. The standard InChI is InChI=1S/C14H19N3O2/c1-9(2)13-15-7-11(12(16-13)14(18)19)17-6-4-5-10(3)8-17/h5,7,9H,4,6,8H2,1-3H3,(H,18,19). The van der Waals surface area contributed by atoms with E-state index in [0.717, 1.165) is 19.5 Å². The maximum atomic E-state index is 11.4. The van der Waals surface area contributed by atoms with Crippen LogP contribution >= 0.6 is 0 Å². The van der Waals surface area contributed by atoms with Crippen molar-refractivity contribution in [2.24, 2.45) is 0 Å². The van der Waals surface area contributed by atoms with E-state index in [9.17, 15) is 9.90 Å². The molecule has 2 rings (SSSR count). The van der Waals surface area contributed by atoms with Crippen molar-refractivity contribution in [3.05, 3.63) is 29.4 Å². The van der Waals surface area contributed by atoms with Crippen molar-refractivity contribution in [3.63, 3.8) is 0 Å². The number of hydrogen-bond donors (Lipinski definition) is 1. The molecule has 1 aromatic rings. The number of aromatic nitrogens is 2. The molecule has 0 aliphatic carbocycles. The van der Waals surface area contributed by atoms with E-state index in [1.165, 1.54) is 5.57 Å². The van der Waals surface area contributed by atoms with Crippen LogP contribution in [0.15, 0.2) is 17.8 Å². The molecule has 0 atom stereocenters. The molecule has 1 aliphatic heterocycles. The van der Waals surface area contributed by atoms with Gasteiger partial charge in [0.25, 0.3) is 0 Å². The van der Waals surface area contributed by atoms with Gasteiger partial charge < -0.3 is 10.0 Å². The molecule has 0 aromatic carbocycles. The number of carboxylic acids is 1. The first kappa shape index (κ1) is 13.5. The van der Waals surface area contributed by atoms with Crippen molar-refractivity contribution in [2.75, 3.05) is 18.0 Å². The van der Waals surface area contributed by atoms with Crippen molar-refractivity contribution in [2.45, 2.75) is 33.1 Å². The van der Waals surface area contributed by atoms with Crippen LogP contribution in [0, 0.1) is 0 Å². The number of hydrogen-bond acceptors (Lipinski definition) is 4. The number of carboxylic acid groups (broad SMARTS) is 1. The second-order valence-corrected chi connectivity index (χ2v) is 5.18. The molecule has 5 heteroatoms. The van der Waals surface area contributed by atoms with E-state index in [1.54, 1.807) is 6.20 Å². The first-order chi connectivity index (χ1) is 8.99. The molecule has 0 saturated carbocycles. The summed E-state index contributed by atoms with van der Waals surface area (Å²) in [6.07, 6.45) is 4.75. The van der Waals surface area contributed by atoms with E-state index in [0.29, 0.717) is 11.5 Å². The zero-order chi connectivity index (χ0) is 14.0. The monoisotopic (exact) mass is 261 g/mol. The van der Waals surface area contributed by atoms with Gasteiger partial charge in [0.1, 0.15) is 5.82 Å². The fraction of sp³-hybridized carbons (Fsp3) is 0.500. The Balaban J connectivity index is 2.39. The molecule has 0 unspecified atom stereocenters.